The van der Waals surface area contributed by atoms with Crippen LogP contribution in [0.15, 0.2) is 0 Å². The monoisotopic (exact) mass is 235 g/mol. The molecule has 0 aliphatic carbocycles. The summed E-state index contributed by atoms with van der Waals surface area (Å²) in [5.41, 5.74) is 0. The smallest absolute Gasteiger partial charge is 0.150 e. The standard InChI is InChI=1S/C10H21NO3S/c1-4-9(3)11-8-10(12)6-7-15(13,14)5-2/h9,11H,4-8H2,1-3H3. The third-order valence-electron chi connectivity index (χ3n) is 2.39. The molecule has 0 aliphatic rings. The molecule has 0 aromatic rings. The van der Waals surface area contributed by atoms with Crippen LogP contribution >= 0.6 is 0 Å². The van der Waals surface area contributed by atoms with E-state index in [4.69, 9.17) is 0 Å². The second kappa shape index (κ2) is 6.95. The molecule has 0 bridgehead atoms. The lowest BCUT2D eigenvalue weighted by atomic mass is 10.2. The Labute approximate surface area is 92.4 Å². The first-order valence-corrected chi connectivity index (χ1v) is 7.19. The summed E-state index contributed by atoms with van der Waals surface area (Å²) in [5, 5.41) is 3.04. The fourth-order valence-electron chi connectivity index (χ4n) is 0.934. The number of Topliss-reactive ketones (excluding diaryl/α,β-unsaturated/α-hetero) is 1. The topological polar surface area (TPSA) is 63.2 Å². The number of nitrogens with one attached hydrogen (secondary N) is 1. The summed E-state index contributed by atoms with van der Waals surface area (Å²) in [6.45, 7) is 5.89. The summed E-state index contributed by atoms with van der Waals surface area (Å²) >= 11 is 0. The fourth-order valence-corrected chi connectivity index (χ4v) is 1.76. The van der Waals surface area contributed by atoms with E-state index >= 15 is 0 Å². The molecule has 0 saturated heterocycles. The lowest BCUT2D eigenvalue weighted by Crippen LogP contribution is -2.31. The van der Waals surface area contributed by atoms with Gasteiger partial charge in [-0.2, -0.15) is 0 Å². The average Bonchev–Trinajstić information content (AvgIpc) is 2.23. The van der Waals surface area contributed by atoms with Gasteiger partial charge in [-0.15, -0.1) is 0 Å². The summed E-state index contributed by atoms with van der Waals surface area (Å²) in [5.74, 6) is 0.0520. The lowest BCUT2D eigenvalue weighted by Gasteiger charge is -2.09. The van der Waals surface area contributed by atoms with E-state index < -0.39 is 9.84 Å². The first-order chi connectivity index (χ1) is 6.91. The van der Waals surface area contributed by atoms with Crippen LogP contribution in [0, 0.1) is 0 Å². The molecular weight excluding hydrogens is 214 g/mol. The van der Waals surface area contributed by atoms with Crippen molar-refractivity contribution in [3.8, 4) is 0 Å². The molecule has 15 heavy (non-hydrogen) atoms. The van der Waals surface area contributed by atoms with Crippen LogP contribution in [0.4, 0.5) is 0 Å². The van der Waals surface area contributed by atoms with Gasteiger partial charge >= 0.3 is 0 Å². The maximum Gasteiger partial charge on any atom is 0.150 e. The minimum absolute atomic E-state index is 0.0233. The predicted molar refractivity (Wildman–Crippen MR) is 61.7 cm³/mol. The second-order valence-corrected chi connectivity index (χ2v) is 6.19. The van der Waals surface area contributed by atoms with Crippen LogP contribution in [-0.4, -0.2) is 38.3 Å². The normalized spacial score (nSPS) is 13.8. The van der Waals surface area contributed by atoms with Gasteiger partial charge in [0.2, 0.25) is 0 Å². The summed E-state index contributed by atoms with van der Waals surface area (Å²) in [7, 11) is -3.01. The molecule has 90 valence electrons. The summed E-state index contributed by atoms with van der Waals surface area (Å²) in [6, 6.07) is 0.303. The highest BCUT2D eigenvalue weighted by atomic mass is 32.2. The van der Waals surface area contributed by atoms with Gasteiger partial charge < -0.3 is 5.32 Å². The maximum atomic E-state index is 11.3. The quantitative estimate of drug-likeness (QED) is 0.675. The van der Waals surface area contributed by atoms with Gasteiger partial charge in [-0.05, 0) is 13.3 Å². The van der Waals surface area contributed by atoms with E-state index in [-0.39, 0.29) is 30.3 Å². The molecule has 0 aromatic carbocycles. The van der Waals surface area contributed by atoms with Gasteiger partial charge in [0.05, 0.1) is 12.3 Å². The second-order valence-electron chi connectivity index (χ2n) is 3.72. The van der Waals surface area contributed by atoms with Crippen LogP contribution in [-0.2, 0) is 14.6 Å². The molecule has 1 N–H and O–H groups in total. The van der Waals surface area contributed by atoms with Gasteiger partial charge in [0.25, 0.3) is 0 Å². The highest BCUT2D eigenvalue weighted by Crippen LogP contribution is 1.95. The minimum Gasteiger partial charge on any atom is -0.308 e. The Kier molecular flexibility index (Phi) is 6.76. The fraction of sp³-hybridized carbons (Fsp3) is 0.900. The predicted octanol–water partition coefficient (Wildman–Crippen LogP) is 0.768. The first kappa shape index (κ1) is 14.6. The number of hydrogen-bond acceptors (Lipinski definition) is 4. The summed E-state index contributed by atoms with van der Waals surface area (Å²) in [4.78, 5) is 11.3. The van der Waals surface area contributed by atoms with Crippen molar-refractivity contribution in [1.82, 2.24) is 5.32 Å². The molecule has 0 radical (unpaired) electrons. The Morgan fingerprint density at radius 1 is 1.33 bits per heavy atom. The molecule has 0 saturated carbocycles. The number of hydrogen-bond donors (Lipinski definition) is 1. The van der Waals surface area contributed by atoms with Gasteiger partial charge in [0.15, 0.2) is 0 Å². The third kappa shape index (κ3) is 7.50. The van der Waals surface area contributed by atoms with E-state index in [0.717, 1.165) is 6.42 Å². The minimum atomic E-state index is -3.01. The van der Waals surface area contributed by atoms with Crippen molar-refractivity contribution >= 4 is 15.6 Å². The molecule has 0 amide bonds. The summed E-state index contributed by atoms with van der Waals surface area (Å²) < 4.78 is 22.3. The Balaban J connectivity index is 3.77. The Morgan fingerprint density at radius 2 is 1.93 bits per heavy atom. The highest BCUT2D eigenvalue weighted by molar-refractivity contribution is 7.91. The number of rotatable bonds is 8. The van der Waals surface area contributed by atoms with E-state index in [0.29, 0.717) is 6.04 Å². The molecule has 0 heterocycles. The van der Waals surface area contributed by atoms with Gasteiger partial charge in [0.1, 0.15) is 15.6 Å². The largest absolute Gasteiger partial charge is 0.308 e. The van der Waals surface area contributed by atoms with Crippen LogP contribution in [0.3, 0.4) is 0 Å². The number of sulfone groups is 1. The van der Waals surface area contributed by atoms with Gasteiger partial charge in [-0.1, -0.05) is 13.8 Å². The van der Waals surface area contributed by atoms with E-state index in [1.54, 1.807) is 6.92 Å². The van der Waals surface area contributed by atoms with Crippen molar-refractivity contribution in [2.75, 3.05) is 18.1 Å². The van der Waals surface area contributed by atoms with Crippen LogP contribution in [0.1, 0.15) is 33.6 Å². The van der Waals surface area contributed by atoms with Crippen LogP contribution in [0.2, 0.25) is 0 Å². The van der Waals surface area contributed by atoms with Crippen molar-refractivity contribution in [2.45, 2.75) is 39.7 Å². The molecule has 0 aliphatic heterocycles. The molecule has 0 aromatic heterocycles. The van der Waals surface area contributed by atoms with Gasteiger partial charge in [-0.25, -0.2) is 8.42 Å². The van der Waals surface area contributed by atoms with Crippen molar-refractivity contribution in [3.05, 3.63) is 0 Å². The van der Waals surface area contributed by atoms with Crippen molar-refractivity contribution in [1.29, 1.82) is 0 Å². The molecular formula is C10H21NO3S. The maximum absolute atomic E-state index is 11.3. The molecule has 0 fully saturated rings. The van der Waals surface area contributed by atoms with E-state index in [9.17, 15) is 13.2 Å². The van der Waals surface area contributed by atoms with Gasteiger partial charge in [0, 0.05) is 18.2 Å². The average molecular weight is 235 g/mol. The highest BCUT2D eigenvalue weighted by Gasteiger charge is 2.11. The molecule has 1 unspecified atom stereocenters. The zero-order valence-corrected chi connectivity index (χ0v) is 10.6. The molecule has 4 nitrogen and oxygen atoms in total. The van der Waals surface area contributed by atoms with E-state index in [1.165, 1.54) is 0 Å². The third-order valence-corrected chi connectivity index (χ3v) is 4.10. The number of carbonyl (C=O) groups is 1. The summed E-state index contributed by atoms with van der Waals surface area (Å²) in [6.07, 6.45) is 1.08. The first-order valence-electron chi connectivity index (χ1n) is 5.36. The lowest BCUT2D eigenvalue weighted by molar-refractivity contribution is -0.118. The molecule has 0 rings (SSSR count). The van der Waals surface area contributed by atoms with E-state index in [1.807, 2.05) is 13.8 Å². The molecule has 1 atom stereocenters. The Bertz CT molecular complexity index is 285. The Hall–Kier alpha value is -0.420. The molecule has 0 spiro atoms. The van der Waals surface area contributed by atoms with Crippen molar-refractivity contribution in [2.24, 2.45) is 0 Å². The zero-order chi connectivity index (χ0) is 11.9. The van der Waals surface area contributed by atoms with Crippen molar-refractivity contribution in [3.63, 3.8) is 0 Å². The number of ketones is 1. The Morgan fingerprint density at radius 3 is 2.40 bits per heavy atom. The SMILES string of the molecule is CCC(C)NCC(=O)CCS(=O)(=O)CC. The van der Waals surface area contributed by atoms with Gasteiger partial charge in [-0.3, -0.25) is 4.79 Å². The van der Waals surface area contributed by atoms with Crippen LogP contribution in [0.25, 0.3) is 0 Å². The van der Waals surface area contributed by atoms with Crippen LogP contribution < -0.4 is 5.32 Å². The van der Waals surface area contributed by atoms with Crippen LogP contribution in [0.5, 0.6) is 0 Å². The zero-order valence-electron chi connectivity index (χ0n) is 9.75. The number of carbonyl (C=O) groups excluding carboxylic acids is 1. The molecule has 5 heteroatoms. The van der Waals surface area contributed by atoms with Crippen molar-refractivity contribution < 1.29 is 13.2 Å². The van der Waals surface area contributed by atoms with E-state index in [2.05, 4.69) is 5.32 Å².